The van der Waals surface area contributed by atoms with Crippen LogP contribution in [0.3, 0.4) is 0 Å². The van der Waals surface area contributed by atoms with Crippen LogP contribution < -0.4 is 0 Å². The number of hydrogen-bond donors (Lipinski definition) is 1. The monoisotopic (exact) mass is 328 g/mol. The van der Waals surface area contributed by atoms with Crippen LogP contribution >= 0.6 is 0 Å². The number of likely N-dealkylation sites (N-methyl/N-ethyl adjacent to an activating group) is 1. The third-order valence-electron chi connectivity index (χ3n) is 3.49. The van der Waals surface area contributed by atoms with Crippen LogP contribution in [0.4, 0.5) is 4.39 Å². The van der Waals surface area contributed by atoms with Crippen molar-refractivity contribution in [2.45, 2.75) is 18.6 Å². The van der Waals surface area contributed by atoms with E-state index in [4.69, 9.17) is 9.68 Å². The number of nitriles is 1. The molecular formula is C15H13FN6O2. The van der Waals surface area contributed by atoms with E-state index in [0.717, 1.165) is 5.56 Å². The summed E-state index contributed by atoms with van der Waals surface area (Å²) >= 11 is 0. The predicted octanol–water partition coefficient (Wildman–Crippen LogP) is 1.05. The summed E-state index contributed by atoms with van der Waals surface area (Å²) in [5.41, 5.74) is 0.811. The van der Waals surface area contributed by atoms with Crippen molar-refractivity contribution in [3.63, 3.8) is 0 Å². The Hall–Kier alpha value is -3.12. The Balaban J connectivity index is 1.80. The lowest BCUT2D eigenvalue weighted by Crippen LogP contribution is -2.42. The molecule has 24 heavy (non-hydrogen) atoms. The van der Waals surface area contributed by atoms with Crippen molar-refractivity contribution in [2.24, 2.45) is 9.98 Å². The highest BCUT2D eigenvalue weighted by Gasteiger charge is 2.34. The molecule has 8 nitrogen and oxygen atoms in total. The second kappa shape index (κ2) is 6.55. The van der Waals surface area contributed by atoms with Crippen molar-refractivity contribution in [3.05, 3.63) is 47.4 Å². The van der Waals surface area contributed by atoms with E-state index in [0.29, 0.717) is 12.3 Å². The van der Waals surface area contributed by atoms with Crippen LogP contribution in [0.25, 0.3) is 0 Å². The Morgan fingerprint density at radius 3 is 2.83 bits per heavy atom. The van der Waals surface area contributed by atoms with Crippen molar-refractivity contribution in [2.75, 3.05) is 7.05 Å². The summed E-state index contributed by atoms with van der Waals surface area (Å²) in [6, 6.07) is 5.12. The molecule has 2 heterocycles. The van der Waals surface area contributed by atoms with E-state index in [1.165, 1.54) is 23.4 Å². The molecule has 1 aromatic heterocycles. The van der Waals surface area contributed by atoms with Gasteiger partial charge in [0, 0.05) is 7.05 Å². The summed E-state index contributed by atoms with van der Waals surface area (Å²) in [5.74, 6) is 0.264. The molecule has 1 aromatic carbocycles. The first-order chi connectivity index (χ1) is 11.6. The van der Waals surface area contributed by atoms with E-state index >= 15 is 0 Å². The molecule has 1 aliphatic heterocycles. The highest BCUT2D eigenvalue weighted by atomic mass is 19.1. The van der Waals surface area contributed by atoms with Crippen molar-refractivity contribution >= 4 is 12.2 Å². The van der Waals surface area contributed by atoms with E-state index in [1.54, 1.807) is 25.4 Å². The number of amidine groups is 1. The average molecular weight is 328 g/mol. The molecule has 0 saturated carbocycles. The van der Waals surface area contributed by atoms with Gasteiger partial charge in [0.05, 0.1) is 12.8 Å². The molecule has 0 bridgehead atoms. The van der Waals surface area contributed by atoms with Gasteiger partial charge in [0.15, 0.2) is 11.9 Å². The largest absolute Gasteiger partial charge is 0.422 e. The number of halogens is 1. The molecule has 1 aliphatic rings. The minimum atomic E-state index is -1.17. The second-order valence-corrected chi connectivity index (χ2v) is 5.17. The van der Waals surface area contributed by atoms with Crippen molar-refractivity contribution < 1.29 is 13.9 Å². The van der Waals surface area contributed by atoms with Crippen LogP contribution in [0, 0.1) is 17.3 Å². The van der Waals surface area contributed by atoms with E-state index in [1.807, 2.05) is 0 Å². The molecule has 9 heteroatoms. The first-order valence-corrected chi connectivity index (χ1v) is 7.06. The van der Waals surface area contributed by atoms with Gasteiger partial charge in [-0.15, -0.1) is 10.2 Å². The quantitative estimate of drug-likeness (QED) is 0.843. The summed E-state index contributed by atoms with van der Waals surface area (Å²) in [4.78, 5) is 9.17. The number of aromatic nitrogens is 2. The van der Waals surface area contributed by atoms with Gasteiger partial charge >= 0.3 is 0 Å². The van der Waals surface area contributed by atoms with Gasteiger partial charge in [0.25, 0.3) is 0 Å². The van der Waals surface area contributed by atoms with Crippen LogP contribution in [0.1, 0.15) is 23.4 Å². The number of nitrogens with zero attached hydrogens (tertiary/aromatic N) is 6. The molecule has 3 rings (SSSR count). The molecule has 122 valence electrons. The van der Waals surface area contributed by atoms with Gasteiger partial charge < -0.3 is 14.4 Å². The van der Waals surface area contributed by atoms with Crippen molar-refractivity contribution in [1.82, 2.24) is 15.1 Å². The summed E-state index contributed by atoms with van der Waals surface area (Å²) in [7, 11) is 1.62. The van der Waals surface area contributed by atoms with Gasteiger partial charge in [0.2, 0.25) is 18.0 Å². The van der Waals surface area contributed by atoms with E-state index in [-0.39, 0.29) is 17.5 Å². The van der Waals surface area contributed by atoms with Crippen molar-refractivity contribution in [3.8, 4) is 6.19 Å². The fourth-order valence-electron chi connectivity index (χ4n) is 2.29. The summed E-state index contributed by atoms with van der Waals surface area (Å²) < 4.78 is 18.5. The molecular weight excluding hydrogens is 315 g/mol. The molecule has 0 aliphatic carbocycles. The Morgan fingerprint density at radius 2 is 2.12 bits per heavy atom. The Bertz CT molecular complexity index is 823. The number of aliphatic imine (C=N–C) groups is 2. The highest BCUT2D eigenvalue weighted by molar-refractivity contribution is 5.97. The van der Waals surface area contributed by atoms with Crippen LogP contribution in [-0.4, -0.2) is 45.5 Å². The van der Waals surface area contributed by atoms with Gasteiger partial charge in [-0.05, 0) is 17.7 Å². The number of aliphatic hydroxyl groups excluding tert-OH is 1. The van der Waals surface area contributed by atoms with Crippen molar-refractivity contribution in [1.29, 1.82) is 5.26 Å². The summed E-state index contributed by atoms with van der Waals surface area (Å²) in [5, 5.41) is 26.8. The lowest BCUT2D eigenvalue weighted by Gasteiger charge is -2.27. The SMILES string of the molecule is CN1C=NC(c2nnc(Cc3ccc(F)cc3)o2)C(O)C1=NC#N. The molecule has 0 fully saturated rings. The maximum Gasteiger partial charge on any atom is 0.244 e. The zero-order chi connectivity index (χ0) is 17.1. The summed E-state index contributed by atoms with van der Waals surface area (Å²) in [6.45, 7) is 0. The molecule has 0 radical (unpaired) electrons. The zero-order valence-electron chi connectivity index (χ0n) is 12.7. The van der Waals surface area contributed by atoms with Crippen LogP contribution in [0.15, 0.2) is 38.7 Å². The second-order valence-electron chi connectivity index (χ2n) is 5.17. The standard InChI is InChI=1S/C15H13FN6O2/c1-22-8-19-12(13(23)14(22)18-7-17)15-21-20-11(24-15)6-9-2-4-10(16)5-3-9/h2-5,8,12-13,23H,6H2,1H3. The van der Waals surface area contributed by atoms with E-state index in [9.17, 15) is 9.50 Å². The first-order valence-electron chi connectivity index (χ1n) is 7.06. The Kier molecular flexibility index (Phi) is 4.31. The number of hydrogen-bond acceptors (Lipinski definition) is 7. The lowest BCUT2D eigenvalue weighted by molar-refractivity contribution is 0.180. The highest BCUT2D eigenvalue weighted by Crippen LogP contribution is 2.25. The van der Waals surface area contributed by atoms with Gasteiger partial charge in [0.1, 0.15) is 11.9 Å². The summed E-state index contributed by atoms with van der Waals surface area (Å²) in [6.07, 6.45) is 2.23. The van der Waals surface area contributed by atoms with E-state index in [2.05, 4.69) is 20.2 Å². The third-order valence-corrected chi connectivity index (χ3v) is 3.49. The number of aliphatic hydroxyl groups is 1. The van der Waals surface area contributed by atoms with Gasteiger partial charge in [-0.1, -0.05) is 12.1 Å². The molecule has 0 saturated heterocycles. The topological polar surface area (TPSA) is 111 Å². The molecule has 2 aromatic rings. The number of rotatable bonds is 3. The molecule has 1 N–H and O–H groups in total. The Labute approximate surface area is 136 Å². The molecule has 0 spiro atoms. The minimum absolute atomic E-state index is 0.120. The average Bonchev–Trinajstić information content (AvgIpc) is 3.02. The van der Waals surface area contributed by atoms with E-state index < -0.39 is 12.1 Å². The minimum Gasteiger partial charge on any atom is -0.422 e. The Morgan fingerprint density at radius 1 is 1.38 bits per heavy atom. The molecule has 2 atom stereocenters. The van der Waals surface area contributed by atoms with Crippen LogP contribution in [0.2, 0.25) is 0 Å². The predicted molar refractivity (Wildman–Crippen MR) is 81.6 cm³/mol. The van der Waals surface area contributed by atoms with Gasteiger partial charge in [-0.25, -0.2) is 4.39 Å². The lowest BCUT2D eigenvalue weighted by atomic mass is 10.1. The van der Waals surface area contributed by atoms with Gasteiger partial charge in [-0.3, -0.25) is 4.99 Å². The normalized spacial score (nSPS) is 21.9. The first kappa shape index (κ1) is 15.8. The molecule has 0 amide bonds. The van der Waals surface area contributed by atoms with Gasteiger partial charge in [-0.2, -0.15) is 10.3 Å². The van der Waals surface area contributed by atoms with Crippen LogP contribution in [-0.2, 0) is 6.42 Å². The fourth-order valence-corrected chi connectivity index (χ4v) is 2.29. The maximum atomic E-state index is 12.9. The smallest absolute Gasteiger partial charge is 0.244 e. The maximum absolute atomic E-state index is 12.9. The third kappa shape index (κ3) is 3.13. The fraction of sp³-hybridized carbons (Fsp3) is 0.267. The zero-order valence-corrected chi connectivity index (χ0v) is 12.7. The number of benzene rings is 1. The molecule has 2 unspecified atom stereocenters. The van der Waals surface area contributed by atoms with Crippen LogP contribution in [0.5, 0.6) is 0 Å².